The first-order valence-corrected chi connectivity index (χ1v) is 10.8. The molecule has 0 bridgehead atoms. The molecule has 9 nitrogen and oxygen atoms in total. The number of aliphatic hydroxyl groups excluding tert-OH is 1. The number of rotatable bonds is 6. The van der Waals surface area contributed by atoms with Crippen molar-refractivity contribution < 1.29 is 5.11 Å². The summed E-state index contributed by atoms with van der Waals surface area (Å²) in [5.41, 5.74) is 15.6. The van der Waals surface area contributed by atoms with Crippen LogP contribution >= 0.6 is 0 Å². The Hall–Kier alpha value is -4.03. The zero-order chi connectivity index (χ0) is 23.5. The fraction of sp³-hybridized carbons (Fsp3) is 0.292. The van der Waals surface area contributed by atoms with Gasteiger partial charge in [-0.2, -0.15) is 5.26 Å². The lowest BCUT2D eigenvalue weighted by Crippen LogP contribution is -2.23. The Kier molecular flexibility index (Phi) is 6.20. The Morgan fingerprint density at radius 1 is 1.30 bits per heavy atom. The van der Waals surface area contributed by atoms with Crippen LogP contribution in [0.15, 0.2) is 60.3 Å². The summed E-state index contributed by atoms with van der Waals surface area (Å²) >= 11 is 0. The fourth-order valence-electron chi connectivity index (χ4n) is 3.92. The van der Waals surface area contributed by atoms with Gasteiger partial charge < -0.3 is 26.8 Å². The zero-order valence-corrected chi connectivity index (χ0v) is 18.7. The molecule has 0 radical (unpaired) electrons. The Morgan fingerprint density at radius 2 is 2.12 bits per heavy atom. The van der Waals surface area contributed by atoms with Crippen LogP contribution in [0.2, 0.25) is 0 Å². The van der Waals surface area contributed by atoms with Crippen molar-refractivity contribution in [2.45, 2.75) is 26.4 Å². The molecule has 3 heterocycles. The lowest BCUT2D eigenvalue weighted by Gasteiger charge is -2.22. The Labute approximate surface area is 192 Å². The second-order valence-corrected chi connectivity index (χ2v) is 8.29. The van der Waals surface area contributed by atoms with Crippen LogP contribution < -0.4 is 21.7 Å². The van der Waals surface area contributed by atoms with Gasteiger partial charge in [0.05, 0.1) is 29.1 Å². The van der Waals surface area contributed by atoms with Crippen molar-refractivity contribution in [3.8, 4) is 11.9 Å². The highest BCUT2D eigenvalue weighted by molar-refractivity contribution is 5.81. The predicted molar refractivity (Wildman–Crippen MR) is 129 cm³/mol. The molecule has 0 spiro atoms. The molecular formula is C24H28N8O. The van der Waals surface area contributed by atoms with Crippen LogP contribution in [-0.4, -0.2) is 32.7 Å². The monoisotopic (exact) mass is 444 g/mol. The molecule has 1 fully saturated rings. The summed E-state index contributed by atoms with van der Waals surface area (Å²) < 4.78 is 1.90. The normalized spacial score (nSPS) is 17.9. The number of nitrogens with zero attached hydrogens (tertiary/aromatic N) is 5. The van der Waals surface area contributed by atoms with Gasteiger partial charge in [0.1, 0.15) is 23.8 Å². The number of hydrogen-bond acceptors (Lipinski definition) is 8. The minimum Gasteiger partial charge on any atom is -0.402 e. The molecular weight excluding hydrogens is 416 g/mol. The van der Waals surface area contributed by atoms with Gasteiger partial charge in [-0.05, 0) is 62.8 Å². The van der Waals surface area contributed by atoms with Crippen molar-refractivity contribution in [3.63, 3.8) is 0 Å². The van der Waals surface area contributed by atoms with E-state index in [1.54, 1.807) is 32.3 Å². The van der Waals surface area contributed by atoms with Gasteiger partial charge in [0.2, 0.25) is 0 Å². The number of anilines is 2. The molecule has 0 aliphatic carbocycles. The number of aliphatic hydroxyl groups is 1. The molecule has 9 heteroatoms. The van der Waals surface area contributed by atoms with Crippen LogP contribution in [0.4, 0.5) is 11.5 Å². The summed E-state index contributed by atoms with van der Waals surface area (Å²) in [6.45, 7) is 4.85. The summed E-state index contributed by atoms with van der Waals surface area (Å²) in [5.74, 6) is 1.82. The van der Waals surface area contributed by atoms with E-state index in [0.29, 0.717) is 29.7 Å². The largest absolute Gasteiger partial charge is 0.402 e. The van der Waals surface area contributed by atoms with Crippen LogP contribution in [0.1, 0.15) is 31.9 Å². The molecule has 0 amide bonds. The molecule has 6 N–H and O–H groups in total. The fourth-order valence-corrected chi connectivity index (χ4v) is 3.92. The number of allylic oxidation sites excluding steroid dienone is 3. The average molecular weight is 445 g/mol. The van der Waals surface area contributed by atoms with Gasteiger partial charge in [0.15, 0.2) is 0 Å². The molecule has 170 valence electrons. The third-order valence-corrected chi connectivity index (χ3v) is 5.62. The number of nitrogens with two attached hydrogens (primary N) is 2. The molecule has 0 saturated carbocycles. The molecule has 2 unspecified atom stereocenters. The number of fused-ring (bicyclic) bond motifs is 1. The first kappa shape index (κ1) is 22.2. The maximum Gasteiger partial charge on any atom is 0.140 e. The number of imidazole rings is 1. The van der Waals surface area contributed by atoms with Crippen LogP contribution in [0, 0.1) is 17.2 Å². The summed E-state index contributed by atoms with van der Waals surface area (Å²) in [4.78, 5) is 11.5. The highest BCUT2D eigenvalue weighted by Crippen LogP contribution is 2.31. The van der Waals surface area contributed by atoms with E-state index in [0.717, 1.165) is 35.2 Å². The lowest BCUT2D eigenvalue weighted by atomic mass is 10.1. The minimum absolute atomic E-state index is 0.0311. The van der Waals surface area contributed by atoms with E-state index in [4.69, 9.17) is 16.5 Å². The van der Waals surface area contributed by atoms with Gasteiger partial charge in [-0.3, -0.25) is 4.57 Å². The van der Waals surface area contributed by atoms with Crippen molar-refractivity contribution >= 4 is 22.5 Å². The van der Waals surface area contributed by atoms with Crippen LogP contribution in [0.3, 0.4) is 0 Å². The maximum atomic E-state index is 10.3. The second-order valence-electron chi connectivity index (χ2n) is 8.29. The molecule has 4 rings (SSSR count). The number of benzene rings is 1. The molecule has 1 aliphatic heterocycles. The molecule has 1 aliphatic rings. The lowest BCUT2D eigenvalue weighted by molar-refractivity contribution is 0.199. The van der Waals surface area contributed by atoms with Crippen LogP contribution in [0.5, 0.6) is 0 Å². The second kappa shape index (κ2) is 9.22. The van der Waals surface area contributed by atoms with Crippen molar-refractivity contribution in [2.75, 3.05) is 23.3 Å². The smallest absolute Gasteiger partial charge is 0.140 e. The third-order valence-electron chi connectivity index (χ3n) is 5.62. The summed E-state index contributed by atoms with van der Waals surface area (Å²) in [6, 6.07) is 11.9. The van der Waals surface area contributed by atoms with E-state index in [-0.39, 0.29) is 5.92 Å². The number of nitriles is 1. The average Bonchev–Trinajstić information content (AvgIpc) is 3.44. The van der Waals surface area contributed by atoms with Crippen molar-refractivity contribution in [1.29, 1.82) is 5.26 Å². The molecule has 33 heavy (non-hydrogen) atoms. The van der Waals surface area contributed by atoms with E-state index in [9.17, 15) is 10.4 Å². The van der Waals surface area contributed by atoms with Crippen molar-refractivity contribution in [2.24, 2.45) is 17.4 Å². The SMILES string of the molecule is C/C(N)=C/C=C(\N)Nc1ccc2ncn(-c3ccc(C(C)O)c(N4CCC(C#N)C4)n3)c2c1. The molecule has 1 aromatic carbocycles. The molecule has 2 aromatic heterocycles. The Bertz CT molecular complexity index is 1260. The van der Waals surface area contributed by atoms with E-state index in [2.05, 4.69) is 21.3 Å². The first-order chi connectivity index (χ1) is 15.9. The number of hydrogen-bond donors (Lipinski definition) is 4. The highest BCUT2D eigenvalue weighted by Gasteiger charge is 2.26. The number of pyridine rings is 1. The van der Waals surface area contributed by atoms with Gasteiger partial charge in [-0.25, -0.2) is 9.97 Å². The van der Waals surface area contributed by atoms with Gasteiger partial charge in [0.25, 0.3) is 0 Å². The van der Waals surface area contributed by atoms with E-state index >= 15 is 0 Å². The van der Waals surface area contributed by atoms with Crippen molar-refractivity contribution in [1.82, 2.24) is 14.5 Å². The molecule has 2 atom stereocenters. The summed E-state index contributed by atoms with van der Waals surface area (Å²) in [7, 11) is 0. The number of nitrogens with one attached hydrogen (secondary N) is 1. The van der Waals surface area contributed by atoms with Crippen molar-refractivity contribution in [3.05, 3.63) is 65.9 Å². The number of aromatic nitrogens is 3. The topological polar surface area (TPSA) is 142 Å². The standard InChI is InChI=1S/C24H28N8O/c1-15(26)3-7-22(27)29-18-4-6-20-21(11-18)32(14-28-20)23-8-5-19(16(2)33)24(30-23)31-10-9-17(12-25)13-31/h3-8,11,14,16-17,29,33H,9-10,13,26-27H2,1-2H3/b15-3-,22-7+. The van der Waals surface area contributed by atoms with Crippen LogP contribution in [0.25, 0.3) is 16.9 Å². The van der Waals surface area contributed by atoms with Gasteiger partial charge in [-0.1, -0.05) is 0 Å². The molecule has 1 saturated heterocycles. The Morgan fingerprint density at radius 3 is 2.82 bits per heavy atom. The Balaban J connectivity index is 1.71. The molecule has 3 aromatic rings. The summed E-state index contributed by atoms with van der Waals surface area (Å²) in [5, 5.41) is 22.7. The predicted octanol–water partition coefficient (Wildman–Crippen LogP) is 2.90. The van der Waals surface area contributed by atoms with E-state index < -0.39 is 6.10 Å². The van der Waals surface area contributed by atoms with Gasteiger partial charge >= 0.3 is 0 Å². The zero-order valence-electron chi connectivity index (χ0n) is 18.7. The van der Waals surface area contributed by atoms with Gasteiger partial charge in [0, 0.05) is 30.0 Å². The van der Waals surface area contributed by atoms with E-state index in [1.165, 1.54) is 0 Å². The minimum atomic E-state index is -0.668. The third kappa shape index (κ3) is 4.76. The maximum absolute atomic E-state index is 10.3. The first-order valence-electron chi connectivity index (χ1n) is 10.8. The summed E-state index contributed by atoms with van der Waals surface area (Å²) in [6.07, 6.45) is 5.29. The van der Waals surface area contributed by atoms with Crippen LogP contribution in [-0.2, 0) is 0 Å². The van der Waals surface area contributed by atoms with Gasteiger partial charge in [-0.15, -0.1) is 0 Å². The highest BCUT2D eigenvalue weighted by atomic mass is 16.3. The quantitative estimate of drug-likeness (QED) is 0.425. The van der Waals surface area contributed by atoms with E-state index in [1.807, 2.05) is 34.9 Å².